The summed E-state index contributed by atoms with van der Waals surface area (Å²) in [5.74, 6) is 1.35. The predicted molar refractivity (Wildman–Crippen MR) is 74.3 cm³/mol. The molecule has 0 radical (unpaired) electrons. The molecule has 3 heteroatoms. The van der Waals surface area contributed by atoms with E-state index in [2.05, 4.69) is 41.6 Å². The Bertz CT molecular complexity index is 533. The van der Waals surface area contributed by atoms with E-state index in [0.717, 1.165) is 17.9 Å². The van der Waals surface area contributed by atoms with Crippen molar-refractivity contribution in [1.82, 2.24) is 9.55 Å². The van der Waals surface area contributed by atoms with E-state index in [1.54, 1.807) is 0 Å². The minimum absolute atomic E-state index is 0.237. The number of imidazole rings is 1. The average Bonchev–Trinajstić information content (AvgIpc) is 2.72. The molecule has 0 amide bonds. The van der Waals surface area contributed by atoms with Crippen LogP contribution in [0.4, 0.5) is 0 Å². The van der Waals surface area contributed by atoms with Gasteiger partial charge in [-0.25, -0.2) is 4.98 Å². The monoisotopic (exact) mass is 243 g/mol. The lowest BCUT2D eigenvalue weighted by Crippen LogP contribution is -2.41. The molecule has 0 bridgehead atoms. The van der Waals surface area contributed by atoms with E-state index in [-0.39, 0.29) is 6.04 Å². The number of para-hydroxylation sites is 2. The molecule has 0 spiro atoms. The van der Waals surface area contributed by atoms with Crippen molar-refractivity contribution in [3.8, 4) is 0 Å². The normalized spacial score (nSPS) is 32.8. The van der Waals surface area contributed by atoms with Gasteiger partial charge in [0.1, 0.15) is 0 Å². The van der Waals surface area contributed by atoms with Crippen LogP contribution >= 0.6 is 0 Å². The van der Waals surface area contributed by atoms with Crippen LogP contribution in [0.1, 0.15) is 32.7 Å². The second-order valence-corrected chi connectivity index (χ2v) is 5.85. The van der Waals surface area contributed by atoms with E-state index in [4.69, 9.17) is 5.73 Å². The number of hydrogen-bond donors (Lipinski definition) is 1. The van der Waals surface area contributed by atoms with Gasteiger partial charge in [0.15, 0.2) is 0 Å². The van der Waals surface area contributed by atoms with Crippen LogP contribution in [0.25, 0.3) is 11.0 Å². The second-order valence-electron chi connectivity index (χ2n) is 5.85. The molecule has 2 N–H and O–H groups in total. The first kappa shape index (κ1) is 11.7. The zero-order valence-electron chi connectivity index (χ0n) is 11.1. The van der Waals surface area contributed by atoms with Crippen molar-refractivity contribution in [3.63, 3.8) is 0 Å². The second kappa shape index (κ2) is 4.39. The largest absolute Gasteiger partial charge is 0.326 e. The van der Waals surface area contributed by atoms with Gasteiger partial charge in [0.2, 0.25) is 0 Å². The Labute approximate surface area is 108 Å². The predicted octanol–water partition coefficient (Wildman–Crippen LogP) is 2.97. The Balaban J connectivity index is 2.03. The summed E-state index contributed by atoms with van der Waals surface area (Å²) in [6, 6.07) is 8.93. The van der Waals surface area contributed by atoms with E-state index >= 15 is 0 Å². The molecule has 1 saturated carbocycles. The van der Waals surface area contributed by atoms with Crippen LogP contribution in [-0.4, -0.2) is 15.6 Å². The van der Waals surface area contributed by atoms with Crippen LogP contribution in [0.3, 0.4) is 0 Å². The third-order valence-electron chi connectivity index (χ3n) is 4.27. The van der Waals surface area contributed by atoms with Gasteiger partial charge in [0.05, 0.1) is 23.4 Å². The smallest absolute Gasteiger partial charge is 0.0961 e. The van der Waals surface area contributed by atoms with Crippen molar-refractivity contribution in [1.29, 1.82) is 0 Å². The molecule has 18 heavy (non-hydrogen) atoms. The fraction of sp³-hybridized carbons (Fsp3) is 0.533. The first-order valence-electron chi connectivity index (χ1n) is 6.84. The zero-order valence-corrected chi connectivity index (χ0v) is 11.1. The number of nitrogens with zero attached hydrogens (tertiary/aromatic N) is 2. The highest BCUT2D eigenvalue weighted by molar-refractivity contribution is 5.75. The Morgan fingerprint density at radius 2 is 2.00 bits per heavy atom. The maximum Gasteiger partial charge on any atom is 0.0961 e. The van der Waals surface area contributed by atoms with Gasteiger partial charge in [-0.05, 0) is 36.8 Å². The molecule has 1 aliphatic carbocycles. The maximum atomic E-state index is 6.39. The summed E-state index contributed by atoms with van der Waals surface area (Å²) < 4.78 is 2.29. The van der Waals surface area contributed by atoms with Crippen molar-refractivity contribution in [2.45, 2.75) is 38.8 Å². The van der Waals surface area contributed by atoms with Gasteiger partial charge in [-0.1, -0.05) is 26.0 Å². The van der Waals surface area contributed by atoms with Crippen molar-refractivity contribution >= 4 is 11.0 Å². The van der Waals surface area contributed by atoms with Gasteiger partial charge >= 0.3 is 0 Å². The number of fused-ring (bicyclic) bond motifs is 1. The molecule has 1 aromatic carbocycles. The highest BCUT2D eigenvalue weighted by atomic mass is 15.1. The average molecular weight is 243 g/mol. The van der Waals surface area contributed by atoms with Gasteiger partial charge in [-0.3, -0.25) is 0 Å². The first-order valence-corrected chi connectivity index (χ1v) is 6.84. The van der Waals surface area contributed by atoms with Crippen molar-refractivity contribution in [2.75, 3.05) is 0 Å². The highest BCUT2D eigenvalue weighted by Crippen LogP contribution is 2.37. The third kappa shape index (κ3) is 1.83. The Hall–Kier alpha value is -1.35. The molecule has 0 saturated heterocycles. The van der Waals surface area contributed by atoms with E-state index in [0.29, 0.717) is 12.0 Å². The minimum Gasteiger partial charge on any atom is -0.326 e. The fourth-order valence-corrected chi connectivity index (χ4v) is 3.59. The topological polar surface area (TPSA) is 43.8 Å². The van der Waals surface area contributed by atoms with Crippen LogP contribution in [0.5, 0.6) is 0 Å². The summed E-state index contributed by atoms with van der Waals surface area (Å²) in [5.41, 5.74) is 8.67. The fourth-order valence-electron chi connectivity index (χ4n) is 3.59. The molecule has 96 valence electrons. The van der Waals surface area contributed by atoms with E-state index < -0.39 is 0 Å². The Morgan fingerprint density at radius 3 is 2.78 bits per heavy atom. The van der Waals surface area contributed by atoms with Crippen LogP contribution in [-0.2, 0) is 0 Å². The summed E-state index contributed by atoms with van der Waals surface area (Å²) in [6.45, 7) is 4.62. The van der Waals surface area contributed by atoms with Gasteiger partial charge < -0.3 is 10.3 Å². The van der Waals surface area contributed by atoms with Crippen LogP contribution in [0.2, 0.25) is 0 Å². The lowest BCUT2D eigenvalue weighted by atomic mass is 9.77. The Morgan fingerprint density at radius 1 is 1.22 bits per heavy atom. The molecule has 3 nitrogen and oxygen atoms in total. The molecule has 3 rings (SSSR count). The standard InChI is InChI=1S/C15H21N3/c1-10-7-11(2)15(12(16)8-10)18-9-17-13-5-3-4-6-14(13)18/h3-6,9-12,15H,7-8,16H2,1-2H3. The van der Waals surface area contributed by atoms with E-state index in [1.165, 1.54) is 11.9 Å². The molecule has 2 aromatic rings. The van der Waals surface area contributed by atoms with Crippen molar-refractivity contribution in [3.05, 3.63) is 30.6 Å². The van der Waals surface area contributed by atoms with Crippen molar-refractivity contribution < 1.29 is 0 Å². The lowest BCUT2D eigenvalue weighted by molar-refractivity contribution is 0.181. The van der Waals surface area contributed by atoms with E-state index in [9.17, 15) is 0 Å². The molecule has 4 unspecified atom stereocenters. The first-order chi connectivity index (χ1) is 8.66. The van der Waals surface area contributed by atoms with Crippen LogP contribution < -0.4 is 5.73 Å². The molecule has 1 aliphatic rings. The molecular formula is C15H21N3. The maximum absolute atomic E-state index is 6.39. The van der Waals surface area contributed by atoms with E-state index in [1.807, 2.05) is 12.4 Å². The number of benzene rings is 1. The molecule has 4 atom stereocenters. The van der Waals surface area contributed by atoms with Crippen molar-refractivity contribution in [2.24, 2.45) is 17.6 Å². The minimum atomic E-state index is 0.237. The number of aromatic nitrogens is 2. The quantitative estimate of drug-likeness (QED) is 0.836. The summed E-state index contributed by atoms with van der Waals surface area (Å²) in [5, 5.41) is 0. The lowest BCUT2D eigenvalue weighted by Gasteiger charge is -2.38. The molecule has 1 fully saturated rings. The molecular weight excluding hydrogens is 222 g/mol. The summed E-state index contributed by atoms with van der Waals surface area (Å²) in [4.78, 5) is 4.49. The van der Waals surface area contributed by atoms with Gasteiger partial charge in [-0.2, -0.15) is 0 Å². The van der Waals surface area contributed by atoms with Gasteiger partial charge in [-0.15, -0.1) is 0 Å². The third-order valence-corrected chi connectivity index (χ3v) is 4.27. The summed E-state index contributed by atoms with van der Waals surface area (Å²) in [7, 11) is 0. The zero-order chi connectivity index (χ0) is 12.7. The highest BCUT2D eigenvalue weighted by Gasteiger charge is 2.33. The number of nitrogens with two attached hydrogens (primary N) is 1. The SMILES string of the molecule is CC1CC(C)C(n2cnc3ccccc32)C(N)C1. The number of hydrogen-bond acceptors (Lipinski definition) is 2. The van der Waals surface area contributed by atoms with Crippen LogP contribution in [0.15, 0.2) is 30.6 Å². The van der Waals surface area contributed by atoms with Crippen LogP contribution in [0, 0.1) is 11.8 Å². The summed E-state index contributed by atoms with van der Waals surface area (Å²) >= 11 is 0. The number of rotatable bonds is 1. The Kier molecular flexibility index (Phi) is 2.86. The summed E-state index contributed by atoms with van der Waals surface area (Å²) in [6.07, 6.45) is 4.33. The van der Waals surface area contributed by atoms with Gasteiger partial charge in [0.25, 0.3) is 0 Å². The van der Waals surface area contributed by atoms with Gasteiger partial charge in [0, 0.05) is 6.04 Å². The molecule has 0 aliphatic heterocycles. The molecule has 1 aromatic heterocycles. The molecule has 1 heterocycles.